The summed E-state index contributed by atoms with van der Waals surface area (Å²) < 4.78 is 6.70. The number of rotatable bonds is 2. The quantitative estimate of drug-likeness (QED) is 0.734. The Kier molecular flexibility index (Phi) is 6.03. The summed E-state index contributed by atoms with van der Waals surface area (Å²) in [6.07, 6.45) is 1.65. The first-order valence-electron chi connectivity index (χ1n) is 9.35. The molecule has 2 fully saturated rings. The van der Waals surface area contributed by atoms with Crippen molar-refractivity contribution in [3.05, 3.63) is 33.8 Å². The molecular weight excluding hydrogens is 396 g/mol. The van der Waals surface area contributed by atoms with Gasteiger partial charge in [-0.1, -0.05) is 15.9 Å². The zero-order chi connectivity index (χ0) is 18.8. The number of morpholine rings is 1. The number of carbonyl (C=O) groups is 2. The fraction of sp³-hybridized carbons (Fsp3) is 0.600. The first-order chi connectivity index (χ1) is 12.3. The summed E-state index contributed by atoms with van der Waals surface area (Å²) in [6.45, 7) is 8.59. The zero-order valence-electron chi connectivity index (χ0n) is 15.7. The van der Waals surface area contributed by atoms with Crippen LogP contribution in [0.3, 0.4) is 0 Å². The number of aryl methyl sites for hydroxylation is 1. The Morgan fingerprint density at radius 2 is 1.69 bits per heavy atom. The van der Waals surface area contributed by atoms with Crippen LogP contribution in [0.1, 0.15) is 42.6 Å². The zero-order valence-corrected chi connectivity index (χ0v) is 17.3. The van der Waals surface area contributed by atoms with Crippen LogP contribution in [0.15, 0.2) is 22.7 Å². The lowest BCUT2D eigenvalue weighted by atomic mass is 9.94. The number of nitrogens with zero attached hydrogens (tertiary/aromatic N) is 2. The van der Waals surface area contributed by atoms with Gasteiger partial charge in [0.25, 0.3) is 5.91 Å². The van der Waals surface area contributed by atoms with Crippen molar-refractivity contribution < 1.29 is 14.3 Å². The summed E-state index contributed by atoms with van der Waals surface area (Å²) in [4.78, 5) is 29.5. The van der Waals surface area contributed by atoms with Gasteiger partial charge < -0.3 is 14.5 Å². The second-order valence-corrected chi connectivity index (χ2v) is 8.44. The van der Waals surface area contributed by atoms with Gasteiger partial charge in [0.15, 0.2) is 0 Å². The van der Waals surface area contributed by atoms with E-state index in [1.54, 1.807) is 0 Å². The molecule has 2 atom stereocenters. The minimum Gasteiger partial charge on any atom is -0.372 e. The largest absolute Gasteiger partial charge is 0.372 e. The van der Waals surface area contributed by atoms with Crippen molar-refractivity contribution >= 4 is 27.7 Å². The smallest absolute Gasteiger partial charge is 0.254 e. The SMILES string of the molecule is Cc1cc(Br)ccc1C(=O)N1CCC(C(=O)N2CC(C)OC(C)C2)CC1. The molecule has 0 aromatic heterocycles. The van der Waals surface area contributed by atoms with Crippen LogP contribution >= 0.6 is 15.9 Å². The van der Waals surface area contributed by atoms with E-state index in [9.17, 15) is 9.59 Å². The average Bonchev–Trinajstić information content (AvgIpc) is 2.60. The summed E-state index contributed by atoms with van der Waals surface area (Å²) in [5.74, 6) is 0.302. The molecule has 0 bridgehead atoms. The highest BCUT2D eigenvalue weighted by Gasteiger charge is 2.33. The Morgan fingerprint density at radius 3 is 2.27 bits per heavy atom. The van der Waals surface area contributed by atoms with Crippen molar-refractivity contribution in [1.29, 1.82) is 0 Å². The molecule has 0 radical (unpaired) electrons. The Bertz CT molecular complexity index is 676. The lowest BCUT2D eigenvalue weighted by Gasteiger charge is -2.39. The predicted octanol–water partition coefficient (Wildman–Crippen LogP) is 3.25. The minimum absolute atomic E-state index is 0.0163. The standard InChI is InChI=1S/C20H27BrN2O3/c1-13-10-17(21)4-5-18(13)20(25)22-8-6-16(7-9-22)19(24)23-11-14(2)26-15(3)12-23/h4-5,10,14-16H,6-9,11-12H2,1-3H3. The number of carbonyl (C=O) groups excluding carboxylic acids is 2. The number of likely N-dealkylation sites (tertiary alicyclic amines) is 1. The lowest BCUT2D eigenvalue weighted by molar-refractivity contribution is -0.148. The van der Waals surface area contributed by atoms with Gasteiger partial charge in [0.1, 0.15) is 0 Å². The molecule has 3 rings (SSSR count). The minimum atomic E-state index is 0.0163. The second-order valence-electron chi connectivity index (χ2n) is 7.53. The molecule has 0 aliphatic carbocycles. The molecule has 2 saturated heterocycles. The first kappa shape index (κ1) is 19.4. The van der Waals surface area contributed by atoms with Crippen LogP contribution in [0, 0.1) is 12.8 Å². The molecule has 2 unspecified atom stereocenters. The van der Waals surface area contributed by atoms with Crippen molar-refractivity contribution in [1.82, 2.24) is 9.80 Å². The summed E-state index contributed by atoms with van der Waals surface area (Å²) in [5, 5.41) is 0. The van der Waals surface area contributed by atoms with Crippen LogP contribution in [-0.2, 0) is 9.53 Å². The molecule has 2 amide bonds. The summed E-state index contributed by atoms with van der Waals surface area (Å²) in [6, 6.07) is 5.73. The number of halogens is 1. The van der Waals surface area contributed by atoms with Crippen LogP contribution in [-0.4, -0.2) is 60.0 Å². The third-order valence-electron chi connectivity index (χ3n) is 5.28. The lowest BCUT2D eigenvalue weighted by Crippen LogP contribution is -2.51. The fourth-order valence-corrected chi connectivity index (χ4v) is 4.46. The second kappa shape index (κ2) is 8.09. The number of hydrogen-bond donors (Lipinski definition) is 0. The van der Waals surface area contributed by atoms with Crippen LogP contribution in [0.2, 0.25) is 0 Å². The van der Waals surface area contributed by atoms with Gasteiger partial charge in [0, 0.05) is 42.1 Å². The van der Waals surface area contributed by atoms with E-state index in [1.807, 2.05) is 48.8 Å². The highest BCUT2D eigenvalue weighted by molar-refractivity contribution is 9.10. The van der Waals surface area contributed by atoms with Gasteiger partial charge in [-0.25, -0.2) is 0 Å². The van der Waals surface area contributed by atoms with Gasteiger partial charge >= 0.3 is 0 Å². The number of benzene rings is 1. The molecule has 1 aromatic carbocycles. The van der Waals surface area contributed by atoms with Crippen molar-refractivity contribution in [2.75, 3.05) is 26.2 Å². The third-order valence-corrected chi connectivity index (χ3v) is 5.77. The average molecular weight is 423 g/mol. The molecule has 2 aliphatic rings. The van der Waals surface area contributed by atoms with Gasteiger partial charge in [-0.15, -0.1) is 0 Å². The van der Waals surface area contributed by atoms with E-state index in [0.29, 0.717) is 26.2 Å². The molecule has 142 valence electrons. The van der Waals surface area contributed by atoms with Crippen molar-refractivity contribution in [2.24, 2.45) is 5.92 Å². The molecule has 2 heterocycles. The summed E-state index contributed by atoms with van der Waals surface area (Å²) in [5.41, 5.74) is 1.72. The molecule has 1 aromatic rings. The number of hydrogen-bond acceptors (Lipinski definition) is 3. The van der Waals surface area contributed by atoms with Crippen LogP contribution in [0.25, 0.3) is 0 Å². The summed E-state index contributed by atoms with van der Waals surface area (Å²) in [7, 11) is 0. The van der Waals surface area contributed by atoms with E-state index < -0.39 is 0 Å². The normalized spacial score (nSPS) is 24.6. The van der Waals surface area contributed by atoms with Gasteiger partial charge in [-0.2, -0.15) is 0 Å². The van der Waals surface area contributed by atoms with Crippen molar-refractivity contribution in [2.45, 2.75) is 45.8 Å². The highest BCUT2D eigenvalue weighted by atomic mass is 79.9. The van der Waals surface area contributed by atoms with Gasteiger partial charge in [0.2, 0.25) is 5.91 Å². The third kappa shape index (κ3) is 4.29. The monoisotopic (exact) mass is 422 g/mol. The van der Waals surface area contributed by atoms with Gasteiger partial charge in [-0.05, 0) is 57.4 Å². The Balaban J connectivity index is 1.58. The van der Waals surface area contributed by atoms with E-state index in [0.717, 1.165) is 28.4 Å². The van der Waals surface area contributed by atoms with Crippen LogP contribution < -0.4 is 0 Å². The number of amides is 2. The maximum Gasteiger partial charge on any atom is 0.254 e. The number of ether oxygens (including phenoxy) is 1. The molecule has 26 heavy (non-hydrogen) atoms. The molecule has 5 nitrogen and oxygen atoms in total. The molecule has 0 saturated carbocycles. The Morgan fingerprint density at radius 1 is 1.08 bits per heavy atom. The molecule has 6 heteroatoms. The molecule has 0 N–H and O–H groups in total. The van der Waals surface area contributed by atoms with E-state index in [4.69, 9.17) is 4.74 Å². The molecular formula is C20H27BrN2O3. The maximum absolute atomic E-state index is 12.8. The van der Waals surface area contributed by atoms with E-state index >= 15 is 0 Å². The Hall–Kier alpha value is -1.40. The predicted molar refractivity (Wildman–Crippen MR) is 104 cm³/mol. The van der Waals surface area contributed by atoms with E-state index in [2.05, 4.69) is 15.9 Å². The molecule has 2 aliphatic heterocycles. The van der Waals surface area contributed by atoms with Crippen LogP contribution in [0.4, 0.5) is 0 Å². The first-order valence-corrected chi connectivity index (χ1v) is 10.1. The highest BCUT2D eigenvalue weighted by Crippen LogP contribution is 2.24. The van der Waals surface area contributed by atoms with Gasteiger partial charge in [0.05, 0.1) is 12.2 Å². The topological polar surface area (TPSA) is 49.9 Å². The summed E-state index contributed by atoms with van der Waals surface area (Å²) >= 11 is 3.44. The van der Waals surface area contributed by atoms with Crippen molar-refractivity contribution in [3.63, 3.8) is 0 Å². The maximum atomic E-state index is 12.8. The van der Waals surface area contributed by atoms with E-state index in [-0.39, 0.29) is 29.9 Å². The van der Waals surface area contributed by atoms with E-state index in [1.165, 1.54) is 0 Å². The number of piperidine rings is 1. The molecule has 0 spiro atoms. The van der Waals surface area contributed by atoms with Crippen molar-refractivity contribution in [3.8, 4) is 0 Å². The fourth-order valence-electron chi connectivity index (χ4n) is 3.98. The van der Waals surface area contributed by atoms with Gasteiger partial charge in [-0.3, -0.25) is 9.59 Å². The Labute approximate surface area is 163 Å². The van der Waals surface area contributed by atoms with Crippen LogP contribution in [0.5, 0.6) is 0 Å².